The minimum absolute atomic E-state index is 0.102. The molecular formula is C17H15F5N6O2. The number of aromatic nitrogens is 2. The van der Waals surface area contributed by atoms with E-state index in [0.717, 1.165) is 18.2 Å². The second-order valence-corrected chi connectivity index (χ2v) is 6.30. The third-order valence-electron chi connectivity index (χ3n) is 4.22. The molecule has 1 aliphatic rings. The van der Waals surface area contributed by atoms with Crippen molar-refractivity contribution in [2.45, 2.75) is 18.4 Å². The summed E-state index contributed by atoms with van der Waals surface area (Å²) in [5.74, 6) is -2.78. The van der Waals surface area contributed by atoms with Crippen molar-refractivity contribution in [3.05, 3.63) is 47.2 Å². The number of nitrogens with zero attached hydrogens (tertiary/aromatic N) is 3. The van der Waals surface area contributed by atoms with Gasteiger partial charge in [0, 0.05) is 11.3 Å². The van der Waals surface area contributed by atoms with Crippen molar-refractivity contribution < 1.29 is 31.5 Å². The van der Waals surface area contributed by atoms with E-state index in [0.29, 0.717) is 6.20 Å². The van der Waals surface area contributed by atoms with Gasteiger partial charge in [0.2, 0.25) is 0 Å². The summed E-state index contributed by atoms with van der Waals surface area (Å²) in [6.07, 6.45) is -5.43. The van der Waals surface area contributed by atoms with E-state index in [-0.39, 0.29) is 18.1 Å². The van der Waals surface area contributed by atoms with Crippen LogP contribution < -0.4 is 16.8 Å². The van der Waals surface area contributed by atoms with Gasteiger partial charge in [0.1, 0.15) is 24.0 Å². The van der Waals surface area contributed by atoms with Gasteiger partial charge in [-0.25, -0.2) is 31.9 Å². The van der Waals surface area contributed by atoms with Gasteiger partial charge in [0.15, 0.2) is 17.1 Å². The predicted molar refractivity (Wildman–Crippen MR) is 95.9 cm³/mol. The van der Waals surface area contributed by atoms with Crippen LogP contribution in [-0.2, 0) is 10.3 Å². The fraction of sp³-hybridized carbons (Fsp3) is 0.294. The zero-order valence-corrected chi connectivity index (χ0v) is 15.1. The van der Waals surface area contributed by atoms with Gasteiger partial charge in [0.25, 0.3) is 18.8 Å². The summed E-state index contributed by atoms with van der Waals surface area (Å²) in [7, 11) is 0. The molecule has 0 unspecified atom stereocenters. The Labute approximate surface area is 166 Å². The number of nitrogen functional groups attached to an aromatic ring is 1. The number of ether oxygens (including phenoxy) is 1. The molecule has 0 saturated heterocycles. The molecule has 5 N–H and O–H groups in total. The van der Waals surface area contributed by atoms with E-state index in [1.54, 1.807) is 0 Å². The first-order valence-corrected chi connectivity index (χ1v) is 8.36. The Kier molecular flexibility index (Phi) is 5.82. The van der Waals surface area contributed by atoms with Gasteiger partial charge in [-0.05, 0) is 18.2 Å². The lowest BCUT2D eigenvalue weighted by molar-refractivity contribution is -0.0145. The van der Waals surface area contributed by atoms with Crippen LogP contribution in [0.1, 0.15) is 28.2 Å². The predicted octanol–water partition coefficient (Wildman–Crippen LogP) is 2.24. The SMILES string of the molecule is NC1=N[C@@](c2cc(NC(=O)c3ncc(C(F)F)nc3N)ccc2F)(C(F)F)COC1. The third kappa shape index (κ3) is 4.01. The molecule has 2 aromatic rings. The lowest BCUT2D eigenvalue weighted by Gasteiger charge is -2.33. The number of carbonyl (C=O) groups excluding carboxylic acids is 1. The quantitative estimate of drug-likeness (QED) is 0.624. The zero-order valence-electron chi connectivity index (χ0n) is 15.1. The second-order valence-electron chi connectivity index (χ2n) is 6.30. The highest BCUT2D eigenvalue weighted by Crippen LogP contribution is 2.38. The first-order chi connectivity index (χ1) is 14.1. The van der Waals surface area contributed by atoms with Crippen LogP contribution in [0.5, 0.6) is 0 Å². The molecule has 13 heteroatoms. The maximum absolute atomic E-state index is 14.4. The van der Waals surface area contributed by atoms with E-state index < -0.39 is 59.5 Å². The van der Waals surface area contributed by atoms with E-state index in [1.807, 2.05) is 0 Å². The number of amides is 1. The molecule has 1 aromatic heterocycles. The molecule has 1 aliphatic heterocycles. The van der Waals surface area contributed by atoms with Gasteiger partial charge in [-0.2, -0.15) is 0 Å². The Morgan fingerprint density at radius 1 is 1.23 bits per heavy atom. The lowest BCUT2D eigenvalue weighted by Crippen LogP contribution is -2.45. The number of hydrogen-bond acceptors (Lipinski definition) is 7. The Balaban J connectivity index is 1.94. The monoisotopic (exact) mass is 430 g/mol. The molecule has 8 nitrogen and oxygen atoms in total. The largest absolute Gasteiger partial charge is 0.385 e. The summed E-state index contributed by atoms with van der Waals surface area (Å²) >= 11 is 0. The van der Waals surface area contributed by atoms with Crippen LogP contribution in [0.15, 0.2) is 29.4 Å². The molecule has 0 bridgehead atoms. The highest BCUT2D eigenvalue weighted by molar-refractivity contribution is 6.05. The summed E-state index contributed by atoms with van der Waals surface area (Å²) in [6, 6.07) is 2.90. The minimum atomic E-state index is -3.17. The van der Waals surface area contributed by atoms with E-state index in [2.05, 4.69) is 20.3 Å². The van der Waals surface area contributed by atoms with Crippen molar-refractivity contribution in [2.24, 2.45) is 10.7 Å². The van der Waals surface area contributed by atoms with Crippen LogP contribution >= 0.6 is 0 Å². The smallest absolute Gasteiger partial charge is 0.281 e. The summed E-state index contributed by atoms with van der Waals surface area (Å²) in [5.41, 5.74) is 6.73. The van der Waals surface area contributed by atoms with Crippen LogP contribution in [0.4, 0.5) is 33.5 Å². The average molecular weight is 430 g/mol. The van der Waals surface area contributed by atoms with Crippen LogP contribution in [0.2, 0.25) is 0 Å². The number of nitrogens with two attached hydrogens (primary N) is 2. The number of benzene rings is 1. The molecule has 160 valence electrons. The topological polar surface area (TPSA) is 129 Å². The van der Waals surface area contributed by atoms with E-state index in [1.165, 1.54) is 0 Å². The van der Waals surface area contributed by atoms with Crippen LogP contribution in [0, 0.1) is 5.82 Å². The molecular weight excluding hydrogens is 415 g/mol. The fourth-order valence-electron chi connectivity index (χ4n) is 2.82. The Hall–Kier alpha value is -3.35. The maximum atomic E-state index is 14.4. The normalized spacial score (nSPS) is 19.1. The molecule has 0 aliphatic carbocycles. The van der Waals surface area contributed by atoms with Crippen molar-refractivity contribution in [3.8, 4) is 0 Å². The summed E-state index contributed by atoms with van der Waals surface area (Å²) < 4.78 is 72.4. The lowest BCUT2D eigenvalue weighted by atomic mass is 9.90. The number of alkyl halides is 4. The molecule has 1 atom stereocenters. The van der Waals surface area contributed by atoms with Crippen LogP contribution in [0.25, 0.3) is 0 Å². The first kappa shape index (κ1) is 21.4. The van der Waals surface area contributed by atoms with E-state index in [4.69, 9.17) is 16.2 Å². The molecule has 1 amide bonds. The molecule has 3 rings (SSSR count). The van der Waals surface area contributed by atoms with Crippen LogP contribution in [0.3, 0.4) is 0 Å². The molecule has 1 aromatic carbocycles. The Morgan fingerprint density at radius 3 is 2.57 bits per heavy atom. The zero-order chi connectivity index (χ0) is 22.1. The van der Waals surface area contributed by atoms with Gasteiger partial charge in [-0.3, -0.25) is 9.79 Å². The number of halogens is 5. The Morgan fingerprint density at radius 2 is 1.97 bits per heavy atom. The summed E-state index contributed by atoms with van der Waals surface area (Å²) in [5, 5.41) is 2.28. The van der Waals surface area contributed by atoms with Gasteiger partial charge in [-0.1, -0.05) is 0 Å². The second kappa shape index (κ2) is 8.18. The molecule has 0 fully saturated rings. The van der Waals surface area contributed by atoms with Gasteiger partial charge >= 0.3 is 0 Å². The molecule has 0 radical (unpaired) electrons. The van der Waals surface area contributed by atoms with Crippen molar-refractivity contribution in [1.29, 1.82) is 0 Å². The molecule has 30 heavy (non-hydrogen) atoms. The number of rotatable bonds is 5. The maximum Gasteiger partial charge on any atom is 0.281 e. The highest BCUT2D eigenvalue weighted by atomic mass is 19.3. The molecule has 2 heterocycles. The standard InChI is InChI=1S/C17H15F5N6O2/c18-9-2-1-7(3-8(9)17(16(21)22)6-30-5-11(23)28-17)26-15(29)12-14(24)27-10(4-25-12)13(19)20/h1-4,13,16H,5-6H2,(H2,23,28)(H2,24,27)(H,26,29)/t17-/m0/s1. The van der Waals surface area contributed by atoms with Gasteiger partial charge in [0.05, 0.1) is 12.8 Å². The molecule has 0 saturated carbocycles. The first-order valence-electron chi connectivity index (χ1n) is 8.36. The van der Waals surface area contributed by atoms with Crippen LogP contribution in [-0.4, -0.2) is 41.3 Å². The van der Waals surface area contributed by atoms with Crippen molar-refractivity contribution in [3.63, 3.8) is 0 Å². The summed E-state index contributed by atoms with van der Waals surface area (Å²) in [4.78, 5) is 23.0. The number of aliphatic imine (C=N–C) groups is 1. The third-order valence-corrected chi connectivity index (χ3v) is 4.22. The average Bonchev–Trinajstić information content (AvgIpc) is 2.68. The van der Waals surface area contributed by atoms with E-state index in [9.17, 15) is 26.7 Å². The summed E-state index contributed by atoms with van der Waals surface area (Å²) in [6.45, 7) is -0.813. The number of carbonyl (C=O) groups is 1. The van der Waals surface area contributed by atoms with Crippen molar-refractivity contribution in [1.82, 2.24) is 9.97 Å². The van der Waals surface area contributed by atoms with Crippen molar-refractivity contribution in [2.75, 3.05) is 24.3 Å². The van der Waals surface area contributed by atoms with Gasteiger partial charge < -0.3 is 21.5 Å². The number of amidine groups is 1. The number of nitrogens with one attached hydrogen (secondary N) is 1. The minimum Gasteiger partial charge on any atom is -0.385 e. The number of hydrogen-bond donors (Lipinski definition) is 3. The van der Waals surface area contributed by atoms with Crippen molar-refractivity contribution >= 4 is 23.2 Å². The van der Waals surface area contributed by atoms with E-state index >= 15 is 0 Å². The Bertz CT molecular complexity index is 1000. The number of anilines is 2. The van der Waals surface area contributed by atoms with Gasteiger partial charge in [-0.15, -0.1) is 0 Å². The molecule has 0 spiro atoms. The highest BCUT2D eigenvalue weighted by Gasteiger charge is 2.46. The fourth-order valence-corrected chi connectivity index (χ4v) is 2.82.